The van der Waals surface area contributed by atoms with Crippen LogP contribution in [-0.2, 0) is 0 Å². The average molecular weight is 272 g/mol. The van der Waals surface area contributed by atoms with Crippen LogP contribution in [0.15, 0.2) is 29.2 Å². The highest BCUT2D eigenvalue weighted by Gasteiger charge is 2.32. The Bertz CT molecular complexity index is 688. The predicted molar refractivity (Wildman–Crippen MR) is 73.4 cm³/mol. The number of amides is 1. The van der Waals surface area contributed by atoms with Crippen molar-refractivity contribution in [3.63, 3.8) is 0 Å². The summed E-state index contributed by atoms with van der Waals surface area (Å²) in [6.07, 6.45) is 3.62. The molecule has 0 spiro atoms. The van der Waals surface area contributed by atoms with Crippen molar-refractivity contribution < 1.29 is 4.79 Å². The number of aromatic nitrogens is 3. The van der Waals surface area contributed by atoms with Crippen LogP contribution in [0, 0.1) is 6.92 Å². The van der Waals surface area contributed by atoms with Crippen molar-refractivity contribution in [1.82, 2.24) is 20.1 Å². The van der Waals surface area contributed by atoms with Gasteiger partial charge in [0.15, 0.2) is 0 Å². The highest BCUT2D eigenvalue weighted by atomic mass is 16.2. The maximum absolute atomic E-state index is 12.5. The minimum absolute atomic E-state index is 0.00806. The topological polar surface area (TPSA) is 81.8 Å². The van der Waals surface area contributed by atoms with Gasteiger partial charge in [0, 0.05) is 12.6 Å². The smallest absolute Gasteiger partial charge is 0.270 e. The Morgan fingerprint density at radius 1 is 1.45 bits per heavy atom. The summed E-state index contributed by atoms with van der Waals surface area (Å²) in [5, 5.41) is 7.01. The Morgan fingerprint density at radius 3 is 3.00 bits per heavy atom. The number of aryl methyl sites for hydroxylation is 1. The van der Waals surface area contributed by atoms with Gasteiger partial charge in [-0.3, -0.25) is 14.7 Å². The maximum Gasteiger partial charge on any atom is 0.270 e. The van der Waals surface area contributed by atoms with Gasteiger partial charge < -0.3 is 9.88 Å². The molecule has 6 heteroatoms. The van der Waals surface area contributed by atoms with Crippen LogP contribution in [0.5, 0.6) is 0 Å². The first-order valence-corrected chi connectivity index (χ1v) is 6.67. The van der Waals surface area contributed by atoms with Crippen molar-refractivity contribution in [1.29, 1.82) is 0 Å². The van der Waals surface area contributed by atoms with Crippen LogP contribution in [0.2, 0.25) is 0 Å². The summed E-state index contributed by atoms with van der Waals surface area (Å²) in [7, 11) is 0. The molecule has 104 valence electrons. The highest BCUT2D eigenvalue weighted by molar-refractivity contribution is 5.92. The van der Waals surface area contributed by atoms with Crippen LogP contribution in [0.25, 0.3) is 0 Å². The van der Waals surface area contributed by atoms with E-state index in [-0.39, 0.29) is 17.5 Å². The molecule has 3 heterocycles. The fraction of sp³-hybridized carbons (Fsp3) is 0.357. The van der Waals surface area contributed by atoms with E-state index in [9.17, 15) is 9.59 Å². The van der Waals surface area contributed by atoms with E-state index in [2.05, 4.69) is 15.2 Å². The molecule has 3 rings (SSSR count). The molecular formula is C14H16N4O2. The summed E-state index contributed by atoms with van der Waals surface area (Å²) in [5.41, 5.74) is 2.11. The molecule has 1 amide bonds. The second kappa shape index (κ2) is 4.96. The number of hydrogen-bond acceptors (Lipinski definition) is 3. The number of nitrogens with one attached hydrogen (secondary N) is 2. The molecule has 0 aliphatic carbocycles. The standard InChI is InChI=1S/C14H16N4O2/c1-9-8-15-17-13(9)11-5-3-7-18(11)14(20)10-4-2-6-12(19)16-10/h2,4,6,8,11H,3,5,7H2,1H3,(H,15,17)(H,16,19)/t11-/m1/s1. The van der Waals surface area contributed by atoms with Gasteiger partial charge in [0.1, 0.15) is 5.69 Å². The summed E-state index contributed by atoms with van der Waals surface area (Å²) in [5.74, 6) is -0.140. The van der Waals surface area contributed by atoms with Crippen LogP contribution in [0.4, 0.5) is 0 Å². The monoisotopic (exact) mass is 272 g/mol. The van der Waals surface area contributed by atoms with Crippen LogP contribution >= 0.6 is 0 Å². The van der Waals surface area contributed by atoms with Gasteiger partial charge in [-0.05, 0) is 31.4 Å². The Hall–Kier alpha value is -2.37. The number of aromatic amines is 2. The SMILES string of the molecule is Cc1cn[nH]c1[C@H]1CCCN1C(=O)c1cccc(=O)[nH]1. The molecule has 2 aromatic heterocycles. The Balaban J connectivity index is 1.91. The lowest BCUT2D eigenvalue weighted by Gasteiger charge is -2.24. The van der Waals surface area contributed by atoms with Gasteiger partial charge in [-0.25, -0.2) is 0 Å². The first-order chi connectivity index (χ1) is 9.66. The van der Waals surface area contributed by atoms with E-state index < -0.39 is 0 Å². The summed E-state index contributed by atoms with van der Waals surface area (Å²) in [6, 6.07) is 4.64. The molecule has 2 aromatic rings. The van der Waals surface area contributed by atoms with Crippen LogP contribution in [-0.4, -0.2) is 32.5 Å². The molecule has 1 atom stereocenters. The molecule has 0 bridgehead atoms. The molecule has 0 radical (unpaired) electrons. The number of pyridine rings is 1. The number of nitrogens with zero attached hydrogens (tertiary/aromatic N) is 2. The normalized spacial score (nSPS) is 18.4. The van der Waals surface area contributed by atoms with Gasteiger partial charge >= 0.3 is 0 Å². The lowest BCUT2D eigenvalue weighted by Crippen LogP contribution is -2.32. The number of carbonyl (C=O) groups excluding carboxylic acids is 1. The van der Waals surface area contributed by atoms with Crippen LogP contribution in [0.3, 0.4) is 0 Å². The third-order valence-corrected chi connectivity index (χ3v) is 3.71. The molecule has 0 unspecified atom stereocenters. The fourth-order valence-electron chi connectivity index (χ4n) is 2.73. The second-order valence-electron chi connectivity index (χ2n) is 5.05. The molecule has 1 fully saturated rings. The lowest BCUT2D eigenvalue weighted by molar-refractivity contribution is 0.0726. The molecular weight excluding hydrogens is 256 g/mol. The zero-order valence-corrected chi connectivity index (χ0v) is 11.2. The Labute approximate surface area is 115 Å². The zero-order chi connectivity index (χ0) is 14.1. The molecule has 0 aromatic carbocycles. The van der Waals surface area contributed by atoms with Gasteiger partial charge in [0.25, 0.3) is 5.91 Å². The summed E-state index contributed by atoms with van der Waals surface area (Å²) < 4.78 is 0. The number of H-pyrrole nitrogens is 2. The quantitative estimate of drug-likeness (QED) is 0.866. The van der Waals surface area contributed by atoms with E-state index in [0.29, 0.717) is 12.2 Å². The summed E-state index contributed by atoms with van der Waals surface area (Å²) in [4.78, 5) is 28.3. The van der Waals surface area contributed by atoms with Crippen molar-refractivity contribution in [2.45, 2.75) is 25.8 Å². The predicted octanol–water partition coefficient (Wildman–Crippen LogP) is 1.38. The molecule has 2 N–H and O–H groups in total. The minimum Gasteiger partial charge on any atom is -0.329 e. The zero-order valence-electron chi connectivity index (χ0n) is 11.2. The number of likely N-dealkylation sites (tertiary alicyclic amines) is 1. The first kappa shape index (κ1) is 12.7. The van der Waals surface area contributed by atoms with Crippen molar-refractivity contribution in [3.8, 4) is 0 Å². The largest absolute Gasteiger partial charge is 0.329 e. The molecule has 6 nitrogen and oxygen atoms in total. The second-order valence-corrected chi connectivity index (χ2v) is 5.05. The molecule has 1 saturated heterocycles. The average Bonchev–Trinajstić information content (AvgIpc) is 3.06. The Kier molecular flexibility index (Phi) is 3.14. The lowest BCUT2D eigenvalue weighted by atomic mass is 10.1. The fourth-order valence-corrected chi connectivity index (χ4v) is 2.73. The van der Waals surface area contributed by atoms with E-state index in [1.807, 2.05) is 6.92 Å². The van der Waals surface area contributed by atoms with Crippen LogP contribution < -0.4 is 5.56 Å². The molecule has 0 saturated carbocycles. The van der Waals surface area contributed by atoms with E-state index in [0.717, 1.165) is 24.1 Å². The summed E-state index contributed by atoms with van der Waals surface area (Å²) >= 11 is 0. The molecule has 20 heavy (non-hydrogen) atoms. The third-order valence-electron chi connectivity index (χ3n) is 3.71. The minimum atomic E-state index is -0.260. The van der Waals surface area contributed by atoms with Crippen LogP contribution in [0.1, 0.15) is 40.6 Å². The molecule has 1 aliphatic heterocycles. The number of hydrogen-bond donors (Lipinski definition) is 2. The van der Waals surface area contributed by atoms with Gasteiger partial charge in [-0.15, -0.1) is 0 Å². The van der Waals surface area contributed by atoms with Crippen molar-refractivity contribution in [2.24, 2.45) is 0 Å². The first-order valence-electron chi connectivity index (χ1n) is 6.67. The van der Waals surface area contributed by atoms with E-state index in [1.165, 1.54) is 6.07 Å². The third kappa shape index (κ3) is 2.13. The van der Waals surface area contributed by atoms with E-state index in [1.54, 1.807) is 23.2 Å². The highest BCUT2D eigenvalue weighted by Crippen LogP contribution is 2.33. The number of rotatable bonds is 2. The number of carbonyl (C=O) groups is 1. The van der Waals surface area contributed by atoms with E-state index >= 15 is 0 Å². The van der Waals surface area contributed by atoms with Gasteiger partial charge in [0.2, 0.25) is 5.56 Å². The Morgan fingerprint density at radius 2 is 2.30 bits per heavy atom. The van der Waals surface area contributed by atoms with Crippen molar-refractivity contribution >= 4 is 5.91 Å². The maximum atomic E-state index is 12.5. The summed E-state index contributed by atoms with van der Waals surface area (Å²) in [6.45, 7) is 2.67. The van der Waals surface area contributed by atoms with Gasteiger partial charge in [0.05, 0.1) is 17.9 Å². The van der Waals surface area contributed by atoms with E-state index in [4.69, 9.17) is 0 Å². The molecule has 1 aliphatic rings. The van der Waals surface area contributed by atoms with Gasteiger partial charge in [-0.1, -0.05) is 6.07 Å². The van der Waals surface area contributed by atoms with Crippen molar-refractivity contribution in [3.05, 3.63) is 51.7 Å². The van der Waals surface area contributed by atoms with Gasteiger partial charge in [-0.2, -0.15) is 5.10 Å². The van der Waals surface area contributed by atoms with Crippen molar-refractivity contribution in [2.75, 3.05) is 6.54 Å².